The van der Waals surface area contributed by atoms with Crippen LogP contribution < -0.4 is 9.64 Å². The lowest BCUT2D eigenvalue weighted by Gasteiger charge is -2.36. The van der Waals surface area contributed by atoms with E-state index in [0.29, 0.717) is 17.0 Å². The van der Waals surface area contributed by atoms with Gasteiger partial charge in [-0.05, 0) is 17.3 Å². The van der Waals surface area contributed by atoms with Crippen molar-refractivity contribution in [3.05, 3.63) is 47.2 Å². The molecule has 0 atom stereocenters. The van der Waals surface area contributed by atoms with E-state index in [2.05, 4.69) is 36.5 Å². The maximum Gasteiger partial charge on any atom is 0.209 e. The second-order valence-corrected chi connectivity index (χ2v) is 8.19. The van der Waals surface area contributed by atoms with Gasteiger partial charge in [-0.15, -0.1) is 21.5 Å². The highest BCUT2D eigenvalue weighted by molar-refractivity contribution is 7.18. The Balaban J connectivity index is 1.34. The third kappa shape index (κ3) is 3.59. The number of para-hydroxylation sites is 1. The number of piperazine rings is 1. The molecule has 2 aromatic carbocycles. The summed E-state index contributed by atoms with van der Waals surface area (Å²) in [5.41, 5.74) is 2.10. The predicted molar refractivity (Wildman–Crippen MR) is 113 cm³/mol. The Morgan fingerprint density at radius 2 is 2.00 bits per heavy atom. The zero-order chi connectivity index (χ0) is 20.5. The number of nitrogens with one attached hydrogen (secondary N) is 1. The number of rotatable bonds is 5. The summed E-state index contributed by atoms with van der Waals surface area (Å²) in [6.07, 6.45) is 0. The lowest BCUT2D eigenvalue weighted by atomic mass is 10.1. The van der Waals surface area contributed by atoms with Gasteiger partial charge in [0.2, 0.25) is 5.82 Å². The molecule has 0 saturated carbocycles. The first-order valence-electron chi connectivity index (χ1n) is 9.64. The third-order valence-corrected chi connectivity index (χ3v) is 6.28. The van der Waals surface area contributed by atoms with E-state index in [1.165, 1.54) is 17.9 Å². The highest BCUT2D eigenvalue weighted by Gasteiger charge is 2.25. The van der Waals surface area contributed by atoms with E-state index < -0.39 is 5.82 Å². The summed E-state index contributed by atoms with van der Waals surface area (Å²) in [5, 5.41) is 15.0. The van der Waals surface area contributed by atoms with E-state index in [9.17, 15) is 4.39 Å². The second kappa shape index (κ2) is 7.96. The van der Waals surface area contributed by atoms with E-state index in [4.69, 9.17) is 9.72 Å². The lowest BCUT2D eigenvalue weighted by Crippen LogP contribution is -2.46. The van der Waals surface area contributed by atoms with E-state index in [1.54, 1.807) is 11.3 Å². The summed E-state index contributed by atoms with van der Waals surface area (Å²) in [4.78, 5) is 9.26. The molecular weight excluding hydrogens is 405 g/mol. The molecule has 0 amide bonds. The van der Waals surface area contributed by atoms with Crippen LogP contribution in [-0.4, -0.2) is 63.8 Å². The Bertz CT molecular complexity index is 1120. The molecular formula is C20H20FN7OS. The van der Waals surface area contributed by atoms with Crippen LogP contribution in [0.3, 0.4) is 0 Å². The second-order valence-electron chi connectivity index (χ2n) is 7.08. The minimum atomic E-state index is -0.428. The summed E-state index contributed by atoms with van der Waals surface area (Å²) in [7, 11) is 1.53. The zero-order valence-corrected chi connectivity index (χ0v) is 17.2. The lowest BCUT2D eigenvalue weighted by molar-refractivity contribution is 0.249. The van der Waals surface area contributed by atoms with E-state index in [0.717, 1.165) is 43.2 Å². The Hall–Kier alpha value is -3.11. The number of fused-ring (bicyclic) bond motifs is 1. The van der Waals surface area contributed by atoms with Crippen LogP contribution in [0.2, 0.25) is 0 Å². The van der Waals surface area contributed by atoms with Crippen molar-refractivity contribution >= 4 is 27.2 Å². The first kappa shape index (κ1) is 18.9. The molecule has 0 bridgehead atoms. The number of thiazole rings is 1. The number of hydrogen-bond donors (Lipinski definition) is 1. The Kier molecular flexibility index (Phi) is 5.01. The highest BCUT2D eigenvalue weighted by atomic mass is 32.1. The van der Waals surface area contributed by atoms with Gasteiger partial charge in [-0.1, -0.05) is 12.1 Å². The van der Waals surface area contributed by atoms with Crippen molar-refractivity contribution in [2.75, 3.05) is 38.2 Å². The number of benzene rings is 2. The molecule has 1 N–H and O–H groups in total. The number of nitrogens with zero attached hydrogens (tertiary/aromatic N) is 6. The van der Waals surface area contributed by atoms with E-state index in [1.807, 2.05) is 24.3 Å². The van der Waals surface area contributed by atoms with E-state index in [-0.39, 0.29) is 5.82 Å². The smallest absolute Gasteiger partial charge is 0.209 e. The highest BCUT2D eigenvalue weighted by Crippen LogP contribution is 2.35. The Morgan fingerprint density at radius 3 is 2.73 bits per heavy atom. The van der Waals surface area contributed by atoms with Gasteiger partial charge in [0.25, 0.3) is 0 Å². The molecule has 1 saturated heterocycles. The molecule has 1 fully saturated rings. The molecule has 0 spiro atoms. The Morgan fingerprint density at radius 1 is 1.17 bits per heavy atom. The van der Waals surface area contributed by atoms with Gasteiger partial charge in [-0.25, -0.2) is 9.37 Å². The molecule has 30 heavy (non-hydrogen) atoms. The molecule has 0 unspecified atom stereocenters. The molecule has 1 aliphatic rings. The van der Waals surface area contributed by atoms with Crippen molar-refractivity contribution in [3.63, 3.8) is 0 Å². The van der Waals surface area contributed by atoms with E-state index >= 15 is 0 Å². The molecule has 10 heteroatoms. The first-order chi connectivity index (χ1) is 14.7. The van der Waals surface area contributed by atoms with Crippen LogP contribution in [0.15, 0.2) is 36.4 Å². The Labute approximate surface area is 176 Å². The maximum atomic E-state index is 14.8. The topological polar surface area (TPSA) is 83.1 Å². The fourth-order valence-electron chi connectivity index (χ4n) is 3.75. The number of methoxy groups -OCH3 is 1. The number of aromatic amines is 1. The normalized spacial score (nSPS) is 15.1. The van der Waals surface area contributed by atoms with Crippen molar-refractivity contribution in [2.45, 2.75) is 6.54 Å². The molecule has 5 rings (SSSR count). The van der Waals surface area contributed by atoms with Gasteiger partial charge in [0, 0.05) is 38.3 Å². The average Bonchev–Trinajstić information content (AvgIpc) is 3.43. The quantitative estimate of drug-likeness (QED) is 0.526. The number of halogens is 1. The van der Waals surface area contributed by atoms with Gasteiger partial charge >= 0.3 is 0 Å². The van der Waals surface area contributed by atoms with Crippen molar-refractivity contribution in [3.8, 4) is 17.1 Å². The van der Waals surface area contributed by atoms with Crippen LogP contribution in [0.4, 0.5) is 10.1 Å². The molecule has 2 aromatic heterocycles. The van der Waals surface area contributed by atoms with Crippen molar-refractivity contribution in [2.24, 2.45) is 0 Å². The van der Waals surface area contributed by atoms with Gasteiger partial charge in [0.1, 0.15) is 16.6 Å². The summed E-state index contributed by atoms with van der Waals surface area (Å²) in [6, 6.07) is 11.4. The molecule has 1 aliphatic heterocycles. The number of ether oxygens (including phenoxy) is 1. The monoisotopic (exact) mass is 425 g/mol. The van der Waals surface area contributed by atoms with Crippen LogP contribution in [0.25, 0.3) is 21.6 Å². The number of aromatic nitrogens is 5. The summed E-state index contributed by atoms with van der Waals surface area (Å²) < 4.78 is 21.3. The fraction of sp³-hybridized carbons (Fsp3) is 0.300. The number of tetrazole rings is 1. The standard InChI is InChI=1S/C20H20FN7OS/c1-29-13-10-14(21)19(20-23-25-26-24-20)16(11-13)28-8-6-27(7-9-28)12-18-22-15-4-2-3-5-17(15)30-18/h2-5,10-11H,6-9,12H2,1H3,(H,23,24,25,26). The molecule has 4 aromatic rings. The predicted octanol–water partition coefficient (Wildman–Crippen LogP) is 2.95. The fourth-order valence-corrected chi connectivity index (χ4v) is 4.76. The van der Waals surface area contributed by atoms with Crippen LogP contribution in [-0.2, 0) is 6.54 Å². The SMILES string of the molecule is COc1cc(F)c(-c2nn[nH]n2)c(N2CCN(Cc3nc4ccccc4s3)CC2)c1. The summed E-state index contributed by atoms with van der Waals surface area (Å²) in [5.74, 6) is 0.274. The first-order valence-corrected chi connectivity index (χ1v) is 10.5. The maximum absolute atomic E-state index is 14.8. The zero-order valence-electron chi connectivity index (χ0n) is 16.4. The summed E-state index contributed by atoms with van der Waals surface area (Å²) in [6.45, 7) is 4.02. The van der Waals surface area contributed by atoms with Crippen molar-refractivity contribution < 1.29 is 9.13 Å². The third-order valence-electron chi connectivity index (χ3n) is 5.26. The van der Waals surface area contributed by atoms with Gasteiger partial charge in [0.05, 0.1) is 35.1 Å². The van der Waals surface area contributed by atoms with Crippen LogP contribution >= 0.6 is 11.3 Å². The molecule has 3 heterocycles. The molecule has 0 radical (unpaired) electrons. The van der Waals surface area contributed by atoms with Crippen LogP contribution in [0, 0.1) is 5.82 Å². The molecule has 8 nitrogen and oxygen atoms in total. The van der Waals surface area contributed by atoms with Crippen molar-refractivity contribution in [1.82, 2.24) is 30.5 Å². The molecule has 0 aliphatic carbocycles. The van der Waals surface area contributed by atoms with Gasteiger partial charge < -0.3 is 9.64 Å². The van der Waals surface area contributed by atoms with Gasteiger partial charge in [0.15, 0.2) is 0 Å². The van der Waals surface area contributed by atoms with Crippen LogP contribution in [0.1, 0.15) is 5.01 Å². The minimum absolute atomic E-state index is 0.238. The number of H-pyrrole nitrogens is 1. The largest absolute Gasteiger partial charge is 0.497 e. The average molecular weight is 425 g/mol. The minimum Gasteiger partial charge on any atom is -0.497 e. The van der Waals surface area contributed by atoms with Crippen molar-refractivity contribution in [1.29, 1.82) is 0 Å². The van der Waals surface area contributed by atoms with Gasteiger partial charge in [-0.3, -0.25) is 4.90 Å². The summed E-state index contributed by atoms with van der Waals surface area (Å²) >= 11 is 1.74. The number of hydrogen-bond acceptors (Lipinski definition) is 8. The number of anilines is 1. The molecule has 154 valence electrons. The van der Waals surface area contributed by atoms with Crippen LogP contribution in [0.5, 0.6) is 5.75 Å². The van der Waals surface area contributed by atoms with Gasteiger partial charge in [-0.2, -0.15) is 5.21 Å².